The number of hydrogen-bond donors (Lipinski definition) is 0. The van der Waals surface area contributed by atoms with E-state index in [-0.39, 0.29) is 32.0 Å². The molecule has 0 amide bonds. The Hall–Kier alpha value is -1.77. The van der Waals surface area contributed by atoms with Crippen LogP contribution >= 0.6 is 7.82 Å². The molecule has 0 rings (SSSR count). The van der Waals surface area contributed by atoms with Gasteiger partial charge in [-0.3, -0.25) is 14.2 Å². The number of phosphoric ester groups is 1. The predicted octanol–water partition coefficient (Wildman–Crippen LogP) is 13.1. The Balaban J connectivity index is 4.31. The number of rotatable bonds is 43. The molecule has 9 nitrogen and oxygen atoms in total. The molecule has 0 N–H and O–H groups in total. The van der Waals surface area contributed by atoms with Crippen LogP contribution in [0.1, 0.15) is 206 Å². The second-order valence-corrected chi connectivity index (χ2v) is 18.5. The molecule has 0 aromatic heterocycles. The number of phosphoric acid groups is 1. The molecule has 0 bridgehead atoms. The molecule has 1 unspecified atom stereocenters. The van der Waals surface area contributed by atoms with Gasteiger partial charge in [0.2, 0.25) is 0 Å². The minimum atomic E-state index is -4.63. The number of hydrogen-bond acceptors (Lipinski definition) is 8. The van der Waals surface area contributed by atoms with Crippen molar-refractivity contribution >= 4 is 19.8 Å². The molecule has 0 aliphatic heterocycles. The third kappa shape index (κ3) is 43.8. The summed E-state index contributed by atoms with van der Waals surface area (Å²) in [6.07, 6.45) is 45.9. The first kappa shape index (κ1) is 56.2. The fourth-order valence-corrected chi connectivity index (χ4v) is 7.11. The van der Waals surface area contributed by atoms with Crippen molar-refractivity contribution in [3.8, 4) is 0 Å². The molecule has 0 heterocycles. The zero-order valence-corrected chi connectivity index (χ0v) is 39.1. The van der Waals surface area contributed by atoms with Crippen LogP contribution in [0.3, 0.4) is 0 Å². The normalized spacial score (nSPS) is 13.8. The van der Waals surface area contributed by atoms with Gasteiger partial charge in [-0.15, -0.1) is 0 Å². The SMILES string of the molecule is CCCCC/C=C/C/C=C/CCCCCCCCCCCC(=O)O[C@H](COC(=O)CCCCCCCCC/C=C/CCCCCC)COP(=O)([O-])OCC[N+](C)(C)C. The minimum Gasteiger partial charge on any atom is -0.756 e. The highest BCUT2D eigenvalue weighted by Gasteiger charge is 2.21. The first-order valence-electron chi connectivity index (χ1n) is 23.7. The van der Waals surface area contributed by atoms with Crippen LogP contribution in [0.2, 0.25) is 0 Å². The van der Waals surface area contributed by atoms with Crippen LogP contribution in [-0.4, -0.2) is 70.0 Å². The maximum atomic E-state index is 12.7. The summed E-state index contributed by atoms with van der Waals surface area (Å²) in [5.74, 6) is -0.841. The van der Waals surface area contributed by atoms with Crippen LogP contribution < -0.4 is 4.89 Å². The summed E-state index contributed by atoms with van der Waals surface area (Å²) in [4.78, 5) is 37.6. The van der Waals surface area contributed by atoms with Crippen molar-refractivity contribution in [2.45, 2.75) is 213 Å². The lowest BCUT2D eigenvalue weighted by Crippen LogP contribution is -2.37. The van der Waals surface area contributed by atoms with Gasteiger partial charge in [0.05, 0.1) is 27.7 Å². The summed E-state index contributed by atoms with van der Waals surface area (Å²) < 4.78 is 34.0. The van der Waals surface area contributed by atoms with Crippen LogP contribution in [0.25, 0.3) is 0 Å². The van der Waals surface area contributed by atoms with Crippen LogP contribution in [0.5, 0.6) is 0 Å². The molecule has 10 heteroatoms. The number of carbonyl (C=O) groups is 2. The van der Waals surface area contributed by atoms with Crippen molar-refractivity contribution in [3.05, 3.63) is 36.5 Å². The van der Waals surface area contributed by atoms with Crippen molar-refractivity contribution in [1.29, 1.82) is 0 Å². The number of likely N-dealkylation sites (N-methyl/N-ethyl adjacent to an activating group) is 1. The van der Waals surface area contributed by atoms with Crippen LogP contribution in [-0.2, 0) is 32.7 Å². The van der Waals surface area contributed by atoms with E-state index in [4.69, 9.17) is 18.5 Å². The Morgan fingerprint density at radius 3 is 1.41 bits per heavy atom. The average Bonchev–Trinajstić information content (AvgIpc) is 3.17. The Morgan fingerprint density at radius 2 is 0.931 bits per heavy atom. The molecular formula is C48H90NO8P. The first-order chi connectivity index (χ1) is 28.0. The van der Waals surface area contributed by atoms with Crippen LogP contribution in [0, 0.1) is 0 Å². The van der Waals surface area contributed by atoms with E-state index in [0.717, 1.165) is 64.2 Å². The number of nitrogens with zero attached hydrogens (tertiary/aromatic N) is 1. The van der Waals surface area contributed by atoms with Gasteiger partial charge >= 0.3 is 11.9 Å². The highest BCUT2D eigenvalue weighted by atomic mass is 31.2. The van der Waals surface area contributed by atoms with Gasteiger partial charge in [-0.1, -0.05) is 159 Å². The van der Waals surface area contributed by atoms with E-state index in [0.29, 0.717) is 17.4 Å². The van der Waals surface area contributed by atoms with E-state index in [1.807, 2.05) is 21.1 Å². The van der Waals surface area contributed by atoms with E-state index < -0.39 is 26.5 Å². The molecule has 0 aliphatic rings. The second kappa shape index (κ2) is 40.6. The Labute approximate surface area is 357 Å². The van der Waals surface area contributed by atoms with Gasteiger partial charge in [-0.05, 0) is 70.6 Å². The summed E-state index contributed by atoms with van der Waals surface area (Å²) in [6.45, 7) is 4.19. The van der Waals surface area contributed by atoms with Crippen molar-refractivity contribution in [1.82, 2.24) is 0 Å². The summed E-state index contributed by atoms with van der Waals surface area (Å²) in [5, 5.41) is 0. The highest BCUT2D eigenvalue weighted by molar-refractivity contribution is 7.45. The van der Waals surface area contributed by atoms with Crippen molar-refractivity contribution in [3.63, 3.8) is 0 Å². The van der Waals surface area contributed by atoms with Gasteiger partial charge in [-0.2, -0.15) is 0 Å². The number of allylic oxidation sites excluding steroid dienone is 6. The van der Waals surface area contributed by atoms with Gasteiger partial charge in [0.1, 0.15) is 19.8 Å². The molecule has 0 saturated carbocycles. The Bertz CT molecular complexity index is 1090. The van der Waals surface area contributed by atoms with E-state index in [9.17, 15) is 19.0 Å². The van der Waals surface area contributed by atoms with Crippen LogP contribution in [0.15, 0.2) is 36.5 Å². The van der Waals surface area contributed by atoms with Gasteiger partial charge < -0.3 is 27.9 Å². The summed E-state index contributed by atoms with van der Waals surface area (Å²) in [6, 6.07) is 0. The Morgan fingerprint density at radius 1 is 0.534 bits per heavy atom. The zero-order valence-electron chi connectivity index (χ0n) is 38.2. The maximum absolute atomic E-state index is 12.7. The summed E-state index contributed by atoms with van der Waals surface area (Å²) >= 11 is 0. The number of ether oxygens (including phenoxy) is 2. The van der Waals surface area contributed by atoms with E-state index in [1.165, 1.54) is 109 Å². The van der Waals surface area contributed by atoms with Gasteiger partial charge in [-0.25, -0.2) is 0 Å². The van der Waals surface area contributed by atoms with Gasteiger partial charge in [0.25, 0.3) is 7.82 Å². The molecule has 0 radical (unpaired) electrons. The number of esters is 2. The van der Waals surface area contributed by atoms with Gasteiger partial charge in [0.15, 0.2) is 6.10 Å². The molecule has 58 heavy (non-hydrogen) atoms. The standard InChI is InChI=1S/C48H90NO8P/c1-6-8-10-12-14-16-18-20-22-23-24-25-27-29-31-33-35-37-39-41-48(51)57-46(45-56-58(52,53)55-43-42-49(3,4)5)44-54-47(50)40-38-36-34-32-30-28-26-21-19-17-15-13-11-9-7-2/h14,16-17,19-20,22,46H,6-13,15,18,21,23-45H2,1-5H3/b16-14+,19-17+,22-20+/t46-/m1/s1. The lowest BCUT2D eigenvalue weighted by molar-refractivity contribution is -0.870. The zero-order chi connectivity index (χ0) is 42.8. The molecular weight excluding hydrogens is 750 g/mol. The molecule has 2 atom stereocenters. The van der Waals surface area contributed by atoms with E-state index in [1.54, 1.807) is 0 Å². The smallest absolute Gasteiger partial charge is 0.306 e. The average molecular weight is 840 g/mol. The third-order valence-electron chi connectivity index (χ3n) is 10.1. The van der Waals surface area contributed by atoms with Crippen molar-refractivity contribution < 1.29 is 42.1 Å². The van der Waals surface area contributed by atoms with E-state index >= 15 is 0 Å². The van der Waals surface area contributed by atoms with Crippen molar-refractivity contribution in [2.24, 2.45) is 0 Å². The van der Waals surface area contributed by atoms with Gasteiger partial charge in [0, 0.05) is 12.8 Å². The Kier molecular flexibility index (Phi) is 39.4. The van der Waals surface area contributed by atoms with Crippen LogP contribution in [0.4, 0.5) is 0 Å². The first-order valence-corrected chi connectivity index (χ1v) is 25.2. The predicted molar refractivity (Wildman–Crippen MR) is 241 cm³/mol. The largest absolute Gasteiger partial charge is 0.756 e. The molecule has 0 saturated heterocycles. The quantitative estimate of drug-likeness (QED) is 0.0196. The molecule has 340 valence electrons. The fourth-order valence-electron chi connectivity index (χ4n) is 6.39. The highest BCUT2D eigenvalue weighted by Crippen LogP contribution is 2.38. The minimum absolute atomic E-state index is 0.0323. The molecule has 0 aromatic rings. The summed E-state index contributed by atoms with van der Waals surface area (Å²) in [7, 11) is 1.16. The second-order valence-electron chi connectivity index (χ2n) is 17.1. The van der Waals surface area contributed by atoms with Crippen molar-refractivity contribution in [2.75, 3.05) is 47.5 Å². The maximum Gasteiger partial charge on any atom is 0.306 e. The monoisotopic (exact) mass is 840 g/mol. The number of carbonyl (C=O) groups excluding carboxylic acids is 2. The molecule has 0 spiro atoms. The molecule has 0 fully saturated rings. The summed E-state index contributed by atoms with van der Waals surface area (Å²) in [5.41, 5.74) is 0. The molecule has 0 aliphatic carbocycles. The number of quaternary nitrogens is 1. The lowest BCUT2D eigenvalue weighted by atomic mass is 10.1. The fraction of sp³-hybridized carbons (Fsp3) is 0.833. The van der Waals surface area contributed by atoms with E-state index in [2.05, 4.69) is 50.3 Å². The topological polar surface area (TPSA) is 111 Å². The number of unbranched alkanes of at least 4 members (excludes halogenated alkanes) is 23. The third-order valence-corrected chi connectivity index (χ3v) is 11.1. The lowest BCUT2D eigenvalue weighted by Gasteiger charge is -2.28. The molecule has 0 aromatic carbocycles.